The van der Waals surface area contributed by atoms with Gasteiger partial charge in [-0.1, -0.05) is 13.0 Å². The van der Waals surface area contributed by atoms with Crippen molar-refractivity contribution in [3.05, 3.63) is 46.3 Å². The summed E-state index contributed by atoms with van der Waals surface area (Å²) in [5.41, 5.74) is 9.73. The van der Waals surface area contributed by atoms with Crippen LogP contribution in [-0.2, 0) is 56.9 Å². The van der Waals surface area contributed by atoms with E-state index in [0.29, 0.717) is 12.8 Å². The van der Waals surface area contributed by atoms with E-state index in [0.717, 1.165) is 12.8 Å². The molecule has 0 spiro atoms. The Morgan fingerprint density at radius 2 is 1.50 bits per heavy atom. The summed E-state index contributed by atoms with van der Waals surface area (Å²) in [4.78, 5) is 40.9. The van der Waals surface area contributed by atoms with Gasteiger partial charge in [0.1, 0.15) is 0 Å². The van der Waals surface area contributed by atoms with Crippen LogP contribution in [0.15, 0.2) is 35.4 Å². The van der Waals surface area contributed by atoms with Crippen LogP contribution < -0.4 is 0 Å². The van der Waals surface area contributed by atoms with Gasteiger partial charge in [0.25, 0.3) is 0 Å². The first-order valence-electron chi connectivity index (χ1n) is 16.7. The Morgan fingerprint density at radius 3 is 2.08 bits per heavy atom. The van der Waals surface area contributed by atoms with Crippen molar-refractivity contribution in [1.82, 2.24) is 0 Å². The molecule has 1 aromatic carbocycles. The van der Waals surface area contributed by atoms with Gasteiger partial charge in [0, 0.05) is 0 Å². The summed E-state index contributed by atoms with van der Waals surface area (Å²) in [6, 6.07) is 7.23. The van der Waals surface area contributed by atoms with Crippen molar-refractivity contribution >= 4 is 32.3 Å². The molecule has 0 amide bonds. The number of unbranched alkanes of at least 4 members (excludes halogenated alkanes) is 2. The molecule has 50 heavy (non-hydrogen) atoms. The molecule has 0 aromatic heterocycles. The topological polar surface area (TPSA) is 192 Å². The molecule has 2 saturated heterocycles. The van der Waals surface area contributed by atoms with Crippen molar-refractivity contribution in [3.8, 4) is 0 Å². The molecule has 2 fully saturated rings. The summed E-state index contributed by atoms with van der Waals surface area (Å²) < 4.78 is 59.9. The van der Waals surface area contributed by atoms with E-state index in [1.165, 1.54) is 28.0 Å². The van der Waals surface area contributed by atoms with Crippen LogP contribution in [0.4, 0.5) is 0 Å². The average Bonchev–Trinajstić information content (AvgIpc) is 3.10. The molecule has 4 unspecified atom stereocenters. The fourth-order valence-electron chi connectivity index (χ4n) is 5.54. The van der Waals surface area contributed by atoms with Crippen LogP contribution in [0.2, 0.25) is 0 Å². The van der Waals surface area contributed by atoms with E-state index in [1.54, 1.807) is 30.3 Å². The number of nitrogens with zero attached hydrogens (tertiary/aromatic N) is 3. The molecular formula is C32H47B2N3O13. The van der Waals surface area contributed by atoms with Gasteiger partial charge < -0.3 is 0 Å². The number of carbonyl (C=O) groups is 3. The third-order valence-electron chi connectivity index (χ3n) is 7.91. The van der Waals surface area contributed by atoms with Gasteiger partial charge in [0.15, 0.2) is 0 Å². The van der Waals surface area contributed by atoms with Gasteiger partial charge in [-0.3, -0.25) is 0 Å². The Kier molecular flexibility index (Phi) is 17.9. The molecule has 274 valence electrons. The van der Waals surface area contributed by atoms with Crippen molar-refractivity contribution in [2.24, 2.45) is 5.11 Å². The standard InChI is InChI=1S/C32H47B2N3O13/c1-6-8-15-42-27-24(36-37-35)31(41-5)47-23(18-45-34-33)25(27)50-32-29(49-30(40)21-13-11-10-12-14-21)28(43-16-9-7-2)26(46-20(4)39)22(48-32)17-44-19(3)38/h10-14,22-29,31-33H,6-9,15-18H2,1-5H3/t22?,23?,24?,25-,26-,27-,28?,29+,31+,32+/m1/s1. The summed E-state index contributed by atoms with van der Waals surface area (Å²) in [6.07, 6.45) is -7.40. The number of carbonyl (C=O) groups excluding carboxylic acids is 3. The van der Waals surface area contributed by atoms with Crippen molar-refractivity contribution < 1.29 is 61.7 Å². The molecule has 0 saturated carbocycles. The predicted molar refractivity (Wildman–Crippen MR) is 178 cm³/mol. The molecule has 0 aliphatic carbocycles. The minimum atomic E-state index is -1.45. The molecule has 2 aliphatic rings. The fraction of sp³-hybridized carbons (Fsp3) is 0.719. The van der Waals surface area contributed by atoms with Gasteiger partial charge in [-0.05, 0) is 0 Å². The first-order valence-corrected chi connectivity index (χ1v) is 16.7. The summed E-state index contributed by atoms with van der Waals surface area (Å²) >= 11 is 0. The Labute approximate surface area is 293 Å². The van der Waals surface area contributed by atoms with Crippen LogP contribution >= 0.6 is 0 Å². The van der Waals surface area contributed by atoms with Gasteiger partial charge in [-0.25, -0.2) is 0 Å². The molecule has 2 aliphatic heterocycles. The second kappa shape index (κ2) is 21.8. The normalized spacial score (nSPS) is 29.1. The quantitative estimate of drug-likeness (QED) is 0.0367. The zero-order valence-corrected chi connectivity index (χ0v) is 29.3. The first-order chi connectivity index (χ1) is 24.2. The summed E-state index contributed by atoms with van der Waals surface area (Å²) in [6.45, 7) is 6.43. The van der Waals surface area contributed by atoms with E-state index in [9.17, 15) is 19.9 Å². The zero-order valence-electron chi connectivity index (χ0n) is 29.3. The summed E-state index contributed by atoms with van der Waals surface area (Å²) in [5, 5.41) is 3.93. The monoisotopic (exact) mass is 703 g/mol. The molecule has 18 heteroatoms. The van der Waals surface area contributed by atoms with E-state index in [1.807, 2.05) is 13.8 Å². The molecule has 3 rings (SSSR count). The van der Waals surface area contributed by atoms with Crippen LogP contribution in [0.3, 0.4) is 0 Å². The molecule has 0 bridgehead atoms. The van der Waals surface area contributed by atoms with Crippen LogP contribution in [0, 0.1) is 0 Å². The molecule has 2 heterocycles. The third-order valence-corrected chi connectivity index (χ3v) is 7.91. The van der Waals surface area contributed by atoms with E-state index >= 15 is 0 Å². The number of azide groups is 1. The number of rotatable bonds is 20. The molecule has 0 radical (unpaired) electrons. The predicted octanol–water partition coefficient (Wildman–Crippen LogP) is 2.69. The zero-order chi connectivity index (χ0) is 36.5. The summed E-state index contributed by atoms with van der Waals surface area (Å²) in [5.74, 6) is -2.01. The second-order valence-corrected chi connectivity index (χ2v) is 11.6. The maximum absolute atomic E-state index is 13.6. The van der Waals surface area contributed by atoms with Gasteiger partial charge in [0.2, 0.25) is 0 Å². The number of hydrogen-bond donors (Lipinski definition) is 0. The maximum atomic E-state index is 13.6. The second-order valence-electron chi connectivity index (χ2n) is 11.6. The molecule has 10 atom stereocenters. The third kappa shape index (κ3) is 11.9. The Hall–Kier alpha value is -3.37. The molecular weight excluding hydrogens is 656 g/mol. The van der Waals surface area contributed by atoms with Crippen molar-refractivity contribution in [3.63, 3.8) is 0 Å². The van der Waals surface area contributed by atoms with Crippen LogP contribution in [0.5, 0.6) is 0 Å². The van der Waals surface area contributed by atoms with E-state index in [4.69, 9.17) is 47.3 Å². The van der Waals surface area contributed by atoms with Crippen LogP contribution in [0.1, 0.15) is 63.7 Å². The number of benzene rings is 1. The van der Waals surface area contributed by atoms with Crippen molar-refractivity contribution in [2.45, 2.75) is 115 Å². The molecule has 1 aromatic rings. The van der Waals surface area contributed by atoms with Crippen LogP contribution in [0.25, 0.3) is 10.4 Å². The number of hydrogen-bond acceptors (Lipinski definition) is 14. The fourth-order valence-corrected chi connectivity index (χ4v) is 5.54. The van der Waals surface area contributed by atoms with Crippen molar-refractivity contribution in [1.29, 1.82) is 0 Å². The Bertz CT molecular complexity index is 1280. The SMILES string of the molecule is B=BOCC1O[C@H](OC)C(N=[N+]=[N-])[C@@H](OCCCC)[C@@H]1O[C@@H]1OC(COC(C)=O)[C@@H](OC(C)=O)C(OCCCC)[C@@H]1OC(=O)c1ccccc1. The minimum absolute atomic E-state index is 0.0881. The Balaban J connectivity index is 2.15. The average molecular weight is 703 g/mol. The van der Waals surface area contributed by atoms with Crippen LogP contribution in [-0.4, -0.2) is 127 Å². The van der Waals surface area contributed by atoms with E-state index in [2.05, 4.69) is 17.4 Å². The molecule has 16 nitrogen and oxygen atoms in total. The van der Waals surface area contributed by atoms with E-state index in [-0.39, 0.29) is 32.0 Å². The first kappa shape index (κ1) is 41.1. The van der Waals surface area contributed by atoms with Gasteiger partial charge >= 0.3 is 281 Å². The Morgan fingerprint density at radius 1 is 0.860 bits per heavy atom. The number of methoxy groups -OCH3 is 1. The number of ether oxygens (including phenoxy) is 9. The summed E-state index contributed by atoms with van der Waals surface area (Å²) in [7, 11) is 6.24. The van der Waals surface area contributed by atoms with Crippen molar-refractivity contribution in [2.75, 3.05) is 33.5 Å². The van der Waals surface area contributed by atoms with Gasteiger partial charge in [-0.2, -0.15) is 0 Å². The van der Waals surface area contributed by atoms with Gasteiger partial charge in [0.05, 0.1) is 0 Å². The van der Waals surface area contributed by atoms with Gasteiger partial charge in [-0.15, -0.1) is 0 Å². The number of esters is 3. The molecule has 0 N–H and O–H groups in total. The van der Waals surface area contributed by atoms with E-state index < -0.39 is 79.3 Å².